The van der Waals surface area contributed by atoms with Crippen LogP contribution in [0.5, 0.6) is 0 Å². The summed E-state index contributed by atoms with van der Waals surface area (Å²) in [4.78, 5) is 17.9. The second-order valence-corrected chi connectivity index (χ2v) is 5.49. The average molecular weight is 288 g/mol. The number of hydrazine groups is 1. The molecular weight excluding hydrogens is 272 g/mol. The second kappa shape index (κ2) is 6.95. The van der Waals surface area contributed by atoms with Gasteiger partial charge in [-0.1, -0.05) is 0 Å². The van der Waals surface area contributed by atoms with Crippen LogP contribution in [0.15, 0.2) is 6.20 Å². The van der Waals surface area contributed by atoms with Crippen molar-refractivity contribution in [3.05, 3.63) is 16.3 Å². The number of nitrogens with one attached hydrogen (secondary N) is 2. The van der Waals surface area contributed by atoms with Crippen LogP contribution in [-0.2, 0) is 10.8 Å². The van der Waals surface area contributed by atoms with Gasteiger partial charge in [0.25, 0.3) is 0 Å². The van der Waals surface area contributed by atoms with E-state index in [1.54, 1.807) is 6.26 Å². The van der Waals surface area contributed by atoms with Crippen LogP contribution in [-0.4, -0.2) is 37.2 Å². The van der Waals surface area contributed by atoms with Crippen molar-refractivity contribution in [2.75, 3.05) is 22.8 Å². The number of nitrogens with zero attached hydrogens (tertiary/aromatic N) is 3. The molecule has 1 aromatic rings. The minimum absolute atomic E-state index is 0.0827. The molecule has 0 saturated carbocycles. The van der Waals surface area contributed by atoms with Crippen LogP contribution in [0.4, 0.5) is 17.5 Å². The largest absolute Gasteiger partial charge is 0.362 e. The van der Waals surface area contributed by atoms with Gasteiger partial charge in [0.2, 0.25) is 11.8 Å². The molecule has 0 radical (unpaired) electrons. The van der Waals surface area contributed by atoms with Crippen LogP contribution in [0, 0.1) is 10.1 Å². The van der Waals surface area contributed by atoms with Crippen molar-refractivity contribution in [2.24, 2.45) is 5.84 Å². The maximum absolute atomic E-state index is 11.0. The summed E-state index contributed by atoms with van der Waals surface area (Å²) in [5, 5.41) is 13.8. The van der Waals surface area contributed by atoms with Crippen molar-refractivity contribution in [3.8, 4) is 0 Å². The number of hydrogen-bond donors (Lipinski definition) is 3. The standard InChI is InChI=1S/C9H16N6O3S/c1-6(3-4-19(2)18)12-8-7(15(16)17)5-11-9(13-8)14-10/h5-6H,3-4,10H2,1-2H3,(H2,11,12,13,14). The molecule has 0 aliphatic rings. The van der Waals surface area contributed by atoms with Gasteiger partial charge in [0, 0.05) is 28.9 Å². The van der Waals surface area contributed by atoms with E-state index in [1.807, 2.05) is 6.92 Å². The molecule has 2 unspecified atom stereocenters. The molecule has 0 spiro atoms. The Morgan fingerprint density at radius 1 is 1.63 bits per heavy atom. The van der Waals surface area contributed by atoms with E-state index in [4.69, 9.17) is 5.84 Å². The molecule has 1 aromatic heterocycles. The Hall–Kier alpha value is -1.81. The zero-order chi connectivity index (χ0) is 14.4. The summed E-state index contributed by atoms with van der Waals surface area (Å²) in [6.45, 7) is 1.83. The van der Waals surface area contributed by atoms with E-state index in [2.05, 4.69) is 20.7 Å². The van der Waals surface area contributed by atoms with Crippen molar-refractivity contribution in [1.82, 2.24) is 9.97 Å². The van der Waals surface area contributed by atoms with Crippen LogP contribution < -0.4 is 16.6 Å². The summed E-state index contributed by atoms with van der Waals surface area (Å²) in [7, 11) is -0.903. The van der Waals surface area contributed by atoms with Gasteiger partial charge in [0.1, 0.15) is 6.20 Å². The Morgan fingerprint density at radius 3 is 2.84 bits per heavy atom. The van der Waals surface area contributed by atoms with Gasteiger partial charge in [-0.15, -0.1) is 0 Å². The molecule has 19 heavy (non-hydrogen) atoms. The smallest absolute Gasteiger partial charge is 0.329 e. The molecular formula is C9H16N6O3S. The first-order chi connectivity index (χ1) is 8.93. The average Bonchev–Trinajstić information content (AvgIpc) is 2.35. The second-order valence-electron chi connectivity index (χ2n) is 3.94. The zero-order valence-corrected chi connectivity index (χ0v) is 11.4. The highest BCUT2D eigenvalue weighted by Gasteiger charge is 2.18. The van der Waals surface area contributed by atoms with Crippen molar-refractivity contribution in [3.63, 3.8) is 0 Å². The third-order valence-corrected chi connectivity index (χ3v) is 3.13. The number of nitro groups is 1. The first-order valence-electron chi connectivity index (χ1n) is 5.48. The molecule has 0 aliphatic heterocycles. The molecule has 4 N–H and O–H groups in total. The lowest BCUT2D eigenvalue weighted by molar-refractivity contribution is -0.384. The van der Waals surface area contributed by atoms with Gasteiger partial charge in [-0.3, -0.25) is 19.7 Å². The van der Waals surface area contributed by atoms with Gasteiger partial charge in [0.15, 0.2) is 0 Å². The van der Waals surface area contributed by atoms with E-state index in [0.29, 0.717) is 12.2 Å². The fourth-order valence-corrected chi connectivity index (χ4v) is 2.02. The minimum atomic E-state index is -0.903. The molecule has 0 fully saturated rings. The van der Waals surface area contributed by atoms with Crippen LogP contribution in [0.25, 0.3) is 0 Å². The number of aromatic nitrogens is 2. The summed E-state index contributed by atoms with van der Waals surface area (Å²) < 4.78 is 11.0. The van der Waals surface area contributed by atoms with Crippen molar-refractivity contribution >= 4 is 28.3 Å². The molecule has 1 heterocycles. The highest BCUT2D eigenvalue weighted by Crippen LogP contribution is 2.22. The first kappa shape index (κ1) is 15.2. The van der Waals surface area contributed by atoms with Gasteiger partial charge in [-0.05, 0) is 13.3 Å². The van der Waals surface area contributed by atoms with E-state index in [9.17, 15) is 14.3 Å². The number of hydrogen-bond acceptors (Lipinski definition) is 8. The molecule has 0 aliphatic carbocycles. The summed E-state index contributed by atoms with van der Waals surface area (Å²) in [5.74, 6) is 5.84. The fraction of sp³-hybridized carbons (Fsp3) is 0.556. The molecule has 106 valence electrons. The van der Waals surface area contributed by atoms with Gasteiger partial charge in [0.05, 0.1) is 4.92 Å². The monoisotopic (exact) mass is 288 g/mol. The molecule has 0 amide bonds. The normalized spacial score (nSPS) is 13.6. The van der Waals surface area contributed by atoms with E-state index >= 15 is 0 Å². The van der Waals surface area contributed by atoms with E-state index in [-0.39, 0.29) is 23.5 Å². The highest BCUT2D eigenvalue weighted by molar-refractivity contribution is 7.84. The Morgan fingerprint density at radius 2 is 2.32 bits per heavy atom. The van der Waals surface area contributed by atoms with Crippen LogP contribution in [0.2, 0.25) is 0 Å². The quantitative estimate of drug-likeness (QED) is 0.368. The SMILES string of the molecule is CC(CCS(C)=O)Nc1nc(NN)ncc1[N+](=O)[O-]. The lowest BCUT2D eigenvalue weighted by atomic mass is 10.2. The number of nitrogen functional groups attached to an aromatic ring is 1. The first-order valence-corrected chi connectivity index (χ1v) is 7.21. The Labute approximate surface area is 112 Å². The summed E-state index contributed by atoms with van der Waals surface area (Å²) in [5.41, 5.74) is 1.99. The maximum Gasteiger partial charge on any atom is 0.329 e. The fourth-order valence-electron chi connectivity index (χ4n) is 1.33. The predicted octanol–water partition coefficient (Wildman–Crippen LogP) is 0.239. The predicted molar refractivity (Wildman–Crippen MR) is 73.1 cm³/mol. The van der Waals surface area contributed by atoms with Crippen LogP contribution in [0.1, 0.15) is 13.3 Å². The van der Waals surface area contributed by atoms with Crippen molar-refractivity contribution in [1.29, 1.82) is 0 Å². The Kier molecular flexibility index (Phi) is 5.57. The van der Waals surface area contributed by atoms with Crippen molar-refractivity contribution in [2.45, 2.75) is 19.4 Å². The highest BCUT2D eigenvalue weighted by atomic mass is 32.2. The van der Waals surface area contributed by atoms with E-state index in [1.165, 1.54) is 0 Å². The molecule has 2 atom stereocenters. The third-order valence-electron chi connectivity index (χ3n) is 2.32. The summed E-state index contributed by atoms with van der Waals surface area (Å²) in [6, 6.07) is -0.108. The van der Waals surface area contributed by atoms with Crippen LogP contribution in [0.3, 0.4) is 0 Å². The molecule has 0 saturated heterocycles. The van der Waals surface area contributed by atoms with E-state index < -0.39 is 15.7 Å². The van der Waals surface area contributed by atoms with Crippen LogP contribution >= 0.6 is 0 Å². The molecule has 9 nitrogen and oxygen atoms in total. The lowest BCUT2D eigenvalue weighted by Crippen LogP contribution is -2.20. The lowest BCUT2D eigenvalue weighted by Gasteiger charge is -2.14. The number of anilines is 2. The summed E-state index contributed by atoms with van der Waals surface area (Å²) >= 11 is 0. The maximum atomic E-state index is 11.0. The molecule has 1 rings (SSSR count). The topological polar surface area (TPSA) is 136 Å². The molecule has 0 bridgehead atoms. The molecule has 0 aromatic carbocycles. The summed E-state index contributed by atoms with van der Waals surface area (Å²) in [6.07, 6.45) is 3.29. The Bertz CT molecular complexity index is 483. The Balaban J connectivity index is 2.84. The molecule has 10 heteroatoms. The van der Waals surface area contributed by atoms with Gasteiger partial charge in [-0.2, -0.15) is 4.98 Å². The van der Waals surface area contributed by atoms with Gasteiger partial charge in [-0.25, -0.2) is 10.8 Å². The van der Waals surface area contributed by atoms with Gasteiger partial charge >= 0.3 is 5.69 Å². The van der Waals surface area contributed by atoms with Gasteiger partial charge < -0.3 is 5.32 Å². The van der Waals surface area contributed by atoms with Crippen molar-refractivity contribution < 1.29 is 9.13 Å². The third kappa shape index (κ3) is 4.75. The zero-order valence-electron chi connectivity index (χ0n) is 10.6. The minimum Gasteiger partial charge on any atom is -0.362 e. The van der Waals surface area contributed by atoms with E-state index in [0.717, 1.165) is 6.20 Å². The number of rotatable bonds is 7. The number of nitrogens with two attached hydrogens (primary N) is 1.